The summed E-state index contributed by atoms with van der Waals surface area (Å²) in [5, 5.41) is 0. The molecule has 4 heteroatoms. The van der Waals surface area contributed by atoms with Crippen molar-refractivity contribution >= 4 is 22.6 Å². The van der Waals surface area contributed by atoms with E-state index in [0.29, 0.717) is 11.3 Å². The number of methoxy groups -OCH3 is 1. The van der Waals surface area contributed by atoms with Crippen LogP contribution in [-0.4, -0.2) is 16.7 Å². The van der Waals surface area contributed by atoms with E-state index in [0.717, 1.165) is 29.2 Å². The van der Waals surface area contributed by atoms with Gasteiger partial charge in [0.25, 0.3) is 0 Å². The van der Waals surface area contributed by atoms with Gasteiger partial charge in [-0.25, -0.2) is 4.98 Å². The van der Waals surface area contributed by atoms with E-state index < -0.39 is 0 Å². The lowest BCUT2D eigenvalue weighted by molar-refractivity contribution is 0.415. The van der Waals surface area contributed by atoms with Gasteiger partial charge in [0.2, 0.25) is 0 Å². The topological polar surface area (TPSA) is 27.1 Å². The number of halogens is 1. The monoisotopic (exact) mass is 264 g/mol. The van der Waals surface area contributed by atoms with E-state index >= 15 is 0 Å². The van der Waals surface area contributed by atoms with Gasteiger partial charge in [0.05, 0.1) is 24.0 Å². The molecule has 1 aromatic heterocycles. The quantitative estimate of drug-likeness (QED) is 0.789. The van der Waals surface area contributed by atoms with Crippen molar-refractivity contribution in [2.24, 2.45) is 5.41 Å². The van der Waals surface area contributed by atoms with Crippen molar-refractivity contribution in [2.45, 2.75) is 32.2 Å². The number of nitrogens with zero attached hydrogens (tertiary/aromatic N) is 2. The minimum absolute atomic E-state index is 0.439. The van der Waals surface area contributed by atoms with Gasteiger partial charge < -0.3 is 9.30 Å². The number of ether oxygens (including phenoxy) is 1. The van der Waals surface area contributed by atoms with Crippen molar-refractivity contribution < 1.29 is 4.74 Å². The zero-order valence-corrected chi connectivity index (χ0v) is 11.5. The average molecular weight is 265 g/mol. The molecule has 3 rings (SSSR count). The Labute approximate surface area is 112 Å². The molecule has 0 atom stereocenters. The van der Waals surface area contributed by atoms with Crippen molar-refractivity contribution in [1.29, 1.82) is 0 Å². The molecule has 3 nitrogen and oxygen atoms in total. The highest BCUT2D eigenvalue weighted by Crippen LogP contribution is 2.47. The fourth-order valence-corrected chi connectivity index (χ4v) is 2.52. The SMILES string of the molecule is COc1ccc2c(c1)nc(CCl)n2CC1(C)CC1. The van der Waals surface area contributed by atoms with Crippen LogP contribution in [0.3, 0.4) is 0 Å². The summed E-state index contributed by atoms with van der Waals surface area (Å²) in [6.45, 7) is 3.33. The Morgan fingerprint density at radius 2 is 2.22 bits per heavy atom. The van der Waals surface area contributed by atoms with Crippen LogP contribution < -0.4 is 4.74 Å². The fourth-order valence-electron chi connectivity index (χ4n) is 2.32. The van der Waals surface area contributed by atoms with Crippen molar-refractivity contribution in [3.05, 3.63) is 24.0 Å². The number of alkyl halides is 1. The van der Waals surface area contributed by atoms with Gasteiger partial charge >= 0.3 is 0 Å². The molecule has 1 heterocycles. The van der Waals surface area contributed by atoms with Gasteiger partial charge in [-0.2, -0.15) is 0 Å². The van der Waals surface area contributed by atoms with Gasteiger partial charge in [0.1, 0.15) is 11.6 Å². The van der Waals surface area contributed by atoms with E-state index in [1.165, 1.54) is 12.8 Å². The number of benzene rings is 1. The number of hydrogen-bond donors (Lipinski definition) is 0. The molecule has 1 fully saturated rings. The minimum Gasteiger partial charge on any atom is -0.497 e. The van der Waals surface area contributed by atoms with Crippen LogP contribution in [0, 0.1) is 5.41 Å². The largest absolute Gasteiger partial charge is 0.497 e. The molecule has 0 aliphatic heterocycles. The van der Waals surface area contributed by atoms with Gasteiger partial charge in [-0.15, -0.1) is 11.6 Å². The Morgan fingerprint density at radius 3 is 2.83 bits per heavy atom. The van der Waals surface area contributed by atoms with E-state index in [4.69, 9.17) is 16.3 Å². The van der Waals surface area contributed by atoms with E-state index in [1.54, 1.807) is 7.11 Å². The van der Waals surface area contributed by atoms with Crippen molar-refractivity contribution in [3.63, 3.8) is 0 Å². The van der Waals surface area contributed by atoms with E-state index in [-0.39, 0.29) is 0 Å². The molecular formula is C14H17ClN2O. The molecule has 1 aromatic carbocycles. The standard InChI is InChI=1S/C14H17ClN2O/c1-14(5-6-14)9-17-12-4-3-10(18-2)7-11(12)16-13(17)8-15/h3-4,7H,5-6,8-9H2,1-2H3. The van der Waals surface area contributed by atoms with Gasteiger partial charge in [0.15, 0.2) is 0 Å². The molecule has 0 radical (unpaired) electrons. The van der Waals surface area contributed by atoms with Crippen LogP contribution in [0.2, 0.25) is 0 Å². The average Bonchev–Trinajstić information content (AvgIpc) is 3.01. The molecule has 0 amide bonds. The number of fused-ring (bicyclic) bond motifs is 1. The Morgan fingerprint density at radius 1 is 1.44 bits per heavy atom. The maximum Gasteiger partial charge on any atom is 0.124 e. The fraction of sp³-hybridized carbons (Fsp3) is 0.500. The van der Waals surface area contributed by atoms with Gasteiger partial charge in [-0.05, 0) is 30.4 Å². The van der Waals surface area contributed by atoms with Crippen LogP contribution in [0.4, 0.5) is 0 Å². The lowest BCUT2D eigenvalue weighted by Crippen LogP contribution is -2.10. The lowest BCUT2D eigenvalue weighted by atomic mass is 10.1. The molecule has 96 valence electrons. The maximum atomic E-state index is 6.01. The van der Waals surface area contributed by atoms with Crippen molar-refractivity contribution in [1.82, 2.24) is 9.55 Å². The highest BCUT2D eigenvalue weighted by atomic mass is 35.5. The Balaban J connectivity index is 2.09. The zero-order chi connectivity index (χ0) is 12.8. The normalized spacial score (nSPS) is 17.1. The lowest BCUT2D eigenvalue weighted by Gasteiger charge is -2.12. The van der Waals surface area contributed by atoms with Crippen molar-refractivity contribution in [2.75, 3.05) is 7.11 Å². The number of aromatic nitrogens is 2. The zero-order valence-electron chi connectivity index (χ0n) is 10.7. The summed E-state index contributed by atoms with van der Waals surface area (Å²) in [7, 11) is 1.67. The molecule has 18 heavy (non-hydrogen) atoms. The Kier molecular flexibility index (Phi) is 2.74. The van der Waals surface area contributed by atoms with Crippen LogP contribution >= 0.6 is 11.6 Å². The molecule has 0 bridgehead atoms. The van der Waals surface area contributed by atoms with Crippen LogP contribution in [0.25, 0.3) is 11.0 Å². The Hall–Kier alpha value is -1.22. The molecule has 1 aliphatic carbocycles. The minimum atomic E-state index is 0.439. The summed E-state index contributed by atoms with van der Waals surface area (Å²) < 4.78 is 7.49. The summed E-state index contributed by atoms with van der Waals surface area (Å²) in [5.41, 5.74) is 2.56. The maximum absolute atomic E-state index is 6.01. The molecule has 1 aliphatic rings. The van der Waals surface area contributed by atoms with Gasteiger partial charge in [-0.1, -0.05) is 6.92 Å². The smallest absolute Gasteiger partial charge is 0.124 e. The predicted molar refractivity (Wildman–Crippen MR) is 73.2 cm³/mol. The third kappa shape index (κ3) is 1.97. The Bertz CT molecular complexity index is 587. The van der Waals surface area contributed by atoms with Crippen LogP contribution in [0.1, 0.15) is 25.6 Å². The highest BCUT2D eigenvalue weighted by Gasteiger charge is 2.38. The van der Waals surface area contributed by atoms with Crippen LogP contribution in [-0.2, 0) is 12.4 Å². The number of hydrogen-bond acceptors (Lipinski definition) is 2. The number of imidazole rings is 1. The van der Waals surface area contributed by atoms with Gasteiger partial charge in [0, 0.05) is 12.6 Å². The predicted octanol–water partition coefficient (Wildman–Crippen LogP) is 3.58. The summed E-state index contributed by atoms with van der Waals surface area (Å²) in [6.07, 6.45) is 2.59. The van der Waals surface area contributed by atoms with Crippen LogP contribution in [0.15, 0.2) is 18.2 Å². The first kappa shape index (κ1) is 11.8. The first-order valence-electron chi connectivity index (χ1n) is 6.24. The first-order chi connectivity index (χ1) is 8.65. The molecule has 0 spiro atoms. The molecular weight excluding hydrogens is 248 g/mol. The second kappa shape index (κ2) is 4.16. The second-order valence-corrected chi connectivity index (χ2v) is 5.68. The molecule has 0 N–H and O–H groups in total. The van der Waals surface area contributed by atoms with Crippen molar-refractivity contribution in [3.8, 4) is 5.75 Å². The molecule has 1 saturated carbocycles. The molecule has 2 aromatic rings. The first-order valence-corrected chi connectivity index (χ1v) is 6.78. The summed E-state index contributed by atoms with van der Waals surface area (Å²) in [6, 6.07) is 6.02. The summed E-state index contributed by atoms with van der Waals surface area (Å²) in [5.74, 6) is 2.24. The molecule has 0 saturated heterocycles. The number of rotatable bonds is 4. The third-order valence-corrected chi connectivity index (χ3v) is 4.04. The highest BCUT2D eigenvalue weighted by molar-refractivity contribution is 6.16. The third-order valence-electron chi connectivity index (χ3n) is 3.80. The van der Waals surface area contributed by atoms with E-state index in [2.05, 4.69) is 22.5 Å². The molecule has 0 unspecified atom stereocenters. The summed E-state index contributed by atoms with van der Waals surface area (Å²) in [4.78, 5) is 4.60. The second-order valence-electron chi connectivity index (χ2n) is 5.41. The summed E-state index contributed by atoms with van der Waals surface area (Å²) >= 11 is 6.01. The van der Waals surface area contributed by atoms with Crippen LogP contribution in [0.5, 0.6) is 5.75 Å². The van der Waals surface area contributed by atoms with Gasteiger partial charge in [-0.3, -0.25) is 0 Å². The van der Waals surface area contributed by atoms with E-state index in [9.17, 15) is 0 Å². The van der Waals surface area contributed by atoms with E-state index in [1.807, 2.05) is 12.1 Å².